The molecule has 2 unspecified atom stereocenters. The third-order valence-electron chi connectivity index (χ3n) is 7.55. The minimum atomic E-state index is -0.865. The second-order valence-corrected chi connectivity index (χ2v) is 10.8. The molecule has 0 radical (unpaired) electrons. The van der Waals surface area contributed by atoms with Crippen LogP contribution in [0.25, 0.3) is 11.2 Å². The minimum absolute atomic E-state index is 0.0935. The molecule has 4 heterocycles. The number of halogens is 2. The Balaban J connectivity index is 1.40. The van der Waals surface area contributed by atoms with Crippen LogP contribution in [0.3, 0.4) is 0 Å². The van der Waals surface area contributed by atoms with E-state index in [0.29, 0.717) is 22.2 Å². The summed E-state index contributed by atoms with van der Waals surface area (Å²) >= 11 is 12.6. The van der Waals surface area contributed by atoms with Crippen LogP contribution < -0.4 is 4.90 Å². The van der Waals surface area contributed by atoms with Crippen molar-refractivity contribution in [1.82, 2.24) is 24.6 Å². The largest absolute Gasteiger partial charge is 0.480 e. The number of aliphatic hydroxyl groups is 1. The number of benzene rings is 1. The predicted molar refractivity (Wildman–Crippen MR) is 139 cm³/mol. The molecule has 0 aliphatic carbocycles. The Morgan fingerprint density at radius 2 is 2.03 bits per heavy atom. The molecule has 2 N–H and O–H groups in total. The number of carbonyl (C=O) groups is 1. The van der Waals surface area contributed by atoms with E-state index in [2.05, 4.69) is 11.8 Å². The van der Waals surface area contributed by atoms with E-state index in [0.717, 1.165) is 42.1 Å². The van der Waals surface area contributed by atoms with E-state index in [9.17, 15) is 15.0 Å². The summed E-state index contributed by atoms with van der Waals surface area (Å²) in [5.74, 6) is 0.0949. The molecule has 5 rings (SSSR count). The Morgan fingerprint density at radius 3 is 2.72 bits per heavy atom. The van der Waals surface area contributed by atoms with Gasteiger partial charge in [0, 0.05) is 42.1 Å². The molecule has 0 spiro atoms. The lowest BCUT2D eigenvalue weighted by Crippen LogP contribution is -2.53. The lowest BCUT2D eigenvalue weighted by molar-refractivity contribution is -0.143. The number of β-amino-alcohol motifs (C(OH)–C–C–N with tert-alkyl or cyclic N) is 1. The molecule has 2 fully saturated rings. The van der Waals surface area contributed by atoms with E-state index < -0.39 is 18.1 Å². The Kier molecular flexibility index (Phi) is 6.84. The first-order chi connectivity index (χ1) is 17.1. The van der Waals surface area contributed by atoms with Crippen LogP contribution >= 0.6 is 23.2 Å². The maximum atomic E-state index is 11.7. The monoisotopic (exact) mass is 532 g/mol. The summed E-state index contributed by atoms with van der Waals surface area (Å²) in [5, 5.41) is 25.6. The number of hydrogen-bond acceptors (Lipinski definition) is 7. The smallest absolute Gasteiger partial charge is 0.321 e. The van der Waals surface area contributed by atoms with Gasteiger partial charge in [-0.25, -0.2) is 14.6 Å². The van der Waals surface area contributed by atoms with Gasteiger partial charge in [-0.05, 0) is 43.9 Å². The molecule has 0 saturated carbocycles. The van der Waals surface area contributed by atoms with Gasteiger partial charge < -0.3 is 15.1 Å². The molecule has 192 valence electrons. The number of piperidine rings is 1. The number of aryl methyl sites for hydroxylation is 1. The maximum absolute atomic E-state index is 11.7. The lowest BCUT2D eigenvalue weighted by atomic mass is 9.91. The molecular weight excluding hydrogens is 503 g/mol. The number of aromatic nitrogens is 4. The topological polar surface area (TPSA) is 108 Å². The average Bonchev–Trinajstić information content (AvgIpc) is 3.38. The zero-order valence-corrected chi connectivity index (χ0v) is 22.0. The van der Waals surface area contributed by atoms with Crippen molar-refractivity contribution in [3.8, 4) is 0 Å². The molecule has 5 atom stereocenters. The maximum Gasteiger partial charge on any atom is 0.321 e. The van der Waals surface area contributed by atoms with Crippen LogP contribution in [0.2, 0.25) is 10.0 Å². The number of anilines is 1. The number of fused-ring (bicyclic) bond motifs is 1. The number of carboxylic acid groups (broad SMARTS) is 1. The van der Waals surface area contributed by atoms with Gasteiger partial charge in [0.15, 0.2) is 5.65 Å². The summed E-state index contributed by atoms with van der Waals surface area (Å²) in [6.07, 6.45) is 2.26. The van der Waals surface area contributed by atoms with Crippen LogP contribution in [0.4, 0.5) is 5.82 Å². The molecule has 11 heteroatoms. The molecular formula is C25H30Cl2N6O3. The zero-order valence-electron chi connectivity index (χ0n) is 20.5. The molecule has 2 saturated heterocycles. The second-order valence-electron chi connectivity index (χ2n) is 9.99. The number of nitrogens with zero attached hydrogens (tertiary/aromatic N) is 6. The van der Waals surface area contributed by atoms with E-state index in [4.69, 9.17) is 38.3 Å². The highest BCUT2D eigenvalue weighted by atomic mass is 35.5. The van der Waals surface area contributed by atoms with Gasteiger partial charge in [-0.1, -0.05) is 36.2 Å². The average molecular weight is 533 g/mol. The number of aliphatic hydroxyl groups excluding tert-OH is 1. The van der Waals surface area contributed by atoms with E-state index >= 15 is 0 Å². The van der Waals surface area contributed by atoms with Crippen molar-refractivity contribution in [3.63, 3.8) is 0 Å². The highest BCUT2D eigenvalue weighted by Gasteiger charge is 2.43. The number of aliphatic carboxylic acids is 1. The van der Waals surface area contributed by atoms with Gasteiger partial charge in [0.1, 0.15) is 17.4 Å². The minimum Gasteiger partial charge on any atom is -0.480 e. The molecule has 1 aromatic carbocycles. The highest BCUT2D eigenvalue weighted by molar-refractivity contribution is 6.35. The van der Waals surface area contributed by atoms with Crippen LogP contribution in [0.5, 0.6) is 0 Å². The first-order valence-corrected chi connectivity index (χ1v) is 13.0. The summed E-state index contributed by atoms with van der Waals surface area (Å²) in [5.41, 5.74) is 3.12. The highest BCUT2D eigenvalue weighted by Crippen LogP contribution is 2.33. The van der Waals surface area contributed by atoms with Crippen LogP contribution in [0.1, 0.15) is 44.0 Å². The molecule has 2 aliphatic heterocycles. The zero-order chi connectivity index (χ0) is 25.7. The molecule has 0 amide bonds. The van der Waals surface area contributed by atoms with Crippen molar-refractivity contribution in [2.75, 3.05) is 24.5 Å². The van der Waals surface area contributed by atoms with Gasteiger partial charge in [-0.3, -0.25) is 9.69 Å². The van der Waals surface area contributed by atoms with Gasteiger partial charge in [-0.2, -0.15) is 5.10 Å². The molecule has 3 aromatic rings. The first-order valence-electron chi connectivity index (χ1n) is 12.2. The Hall–Kier alpha value is -2.46. The third kappa shape index (κ3) is 4.53. The number of rotatable bonds is 5. The van der Waals surface area contributed by atoms with E-state index in [-0.39, 0.29) is 24.4 Å². The van der Waals surface area contributed by atoms with Gasteiger partial charge in [0.05, 0.1) is 24.0 Å². The molecule has 2 aliphatic rings. The first kappa shape index (κ1) is 25.2. The van der Waals surface area contributed by atoms with Crippen LogP contribution in [0, 0.1) is 12.8 Å². The number of likely N-dealkylation sites (tertiary alicyclic amines) is 1. The van der Waals surface area contributed by atoms with Crippen LogP contribution in [-0.2, 0) is 4.79 Å². The molecule has 9 nitrogen and oxygen atoms in total. The van der Waals surface area contributed by atoms with Crippen molar-refractivity contribution in [2.45, 2.75) is 57.8 Å². The van der Waals surface area contributed by atoms with Gasteiger partial charge in [0.2, 0.25) is 0 Å². The van der Waals surface area contributed by atoms with Crippen molar-refractivity contribution in [1.29, 1.82) is 0 Å². The van der Waals surface area contributed by atoms with E-state index in [1.54, 1.807) is 12.3 Å². The predicted octanol–water partition coefficient (Wildman–Crippen LogP) is 3.79. The summed E-state index contributed by atoms with van der Waals surface area (Å²) in [6.45, 7) is 7.91. The molecule has 36 heavy (non-hydrogen) atoms. The van der Waals surface area contributed by atoms with Gasteiger partial charge >= 0.3 is 5.97 Å². The third-order valence-corrected chi connectivity index (χ3v) is 8.11. The SMILES string of the molecule is Cc1nn(C(C)c2ccc(Cl)cc2Cl)c2nc(N3CC[C@H](N4C[C@H](O)CC4C(=O)O)[C@H](C)C3)cnc12. The lowest BCUT2D eigenvalue weighted by Gasteiger charge is -2.42. The molecule has 0 bridgehead atoms. The van der Waals surface area contributed by atoms with Crippen LogP contribution in [0.15, 0.2) is 24.4 Å². The van der Waals surface area contributed by atoms with Gasteiger partial charge in [-0.15, -0.1) is 0 Å². The quantitative estimate of drug-likeness (QED) is 0.510. The number of carboxylic acids is 1. The van der Waals surface area contributed by atoms with Gasteiger partial charge in [0.25, 0.3) is 0 Å². The normalized spacial score (nSPS) is 26.0. The standard InChI is InChI=1S/C25H30Cl2N6O3/c1-13-11-31(7-6-20(13)32-12-17(34)9-21(32)25(35)36)22-10-28-23-14(2)30-33(24(23)29-22)15(3)18-5-4-16(26)8-19(18)27/h4-5,8,10,13,15,17,20-21,34H,6-7,9,11-12H2,1-3H3,(H,35,36)/t13-,15?,17-,20+,21?/m1/s1. The Labute approximate surface area is 219 Å². The van der Waals surface area contributed by atoms with Crippen molar-refractivity contribution < 1.29 is 15.0 Å². The Bertz CT molecular complexity index is 1300. The summed E-state index contributed by atoms with van der Waals surface area (Å²) in [4.78, 5) is 25.6. The fourth-order valence-corrected chi connectivity index (χ4v) is 6.28. The Morgan fingerprint density at radius 1 is 1.25 bits per heavy atom. The van der Waals surface area contributed by atoms with E-state index in [1.165, 1.54) is 0 Å². The number of hydrogen-bond donors (Lipinski definition) is 2. The molecule has 2 aromatic heterocycles. The van der Waals surface area contributed by atoms with E-state index in [1.807, 2.05) is 35.6 Å². The van der Waals surface area contributed by atoms with Crippen molar-refractivity contribution in [2.24, 2.45) is 5.92 Å². The summed E-state index contributed by atoms with van der Waals surface area (Å²) in [6, 6.07) is 4.74. The summed E-state index contributed by atoms with van der Waals surface area (Å²) in [7, 11) is 0. The van der Waals surface area contributed by atoms with Crippen molar-refractivity contribution in [3.05, 3.63) is 45.7 Å². The van der Waals surface area contributed by atoms with Crippen molar-refractivity contribution >= 4 is 46.2 Å². The summed E-state index contributed by atoms with van der Waals surface area (Å²) < 4.78 is 1.86. The van der Waals surface area contributed by atoms with Crippen LogP contribution in [-0.4, -0.2) is 78.7 Å². The fourth-order valence-electron chi connectivity index (χ4n) is 5.72. The second kappa shape index (κ2) is 9.78. The fraction of sp³-hybridized carbons (Fsp3) is 0.520.